The van der Waals surface area contributed by atoms with Crippen LogP contribution in [0.1, 0.15) is 54.6 Å². The van der Waals surface area contributed by atoms with E-state index in [0.717, 1.165) is 42.3 Å². The molecule has 1 fully saturated rings. The predicted molar refractivity (Wildman–Crippen MR) is 113 cm³/mol. The second kappa shape index (κ2) is 7.83. The summed E-state index contributed by atoms with van der Waals surface area (Å²) in [4.78, 5) is 17.8. The number of H-pyrrole nitrogens is 1. The summed E-state index contributed by atoms with van der Waals surface area (Å²) in [5, 5.41) is 20.5. The molecule has 1 aliphatic carbocycles. The van der Waals surface area contributed by atoms with E-state index in [1.165, 1.54) is 12.8 Å². The Morgan fingerprint density at radius 1 is 1.21 bits per heavy atom. The van der Waals surface area contributed by atoms with Gasteiger partial charge in [0, 0.05) is 17.6 Å². The molecule has 152 valence electrons. The zero-order valence-electron chi connectivity index (χ0n) is 16.7. The SMILES string of the molecule is Cc1n[nH]c2nc(-c3ccc(O)cc3)cc(C(=O)NCC3(N)CCCCCC3)c12. The number of phenols is 1. The first-order valence-electron chi connectivity index (χ1n) is 10.2. The zero-order valence-corrected chi connectivity index (χ0v) is 16.7. The van der Waals surface area contributed by atoms with Gasteiger partial charge in [0.1, 0.15) is 5.75 Å². The molecule has 7 nitrogen and oxygen atoms in total. The smallest absolute Gasteiger partial charge is 0.252 e. The van der Waals surface area contributed by atoms with Gasteiger partial charge in [-0.2, -0.15) is 5.10 Å². The lowest BCUT2D eigenvalue weighted by Gasteiger charge is -2.28. The number of hydrogen-bond acceptors (Lipinski definition) is 5. The minimum atomic E-state index is -0.344. The van der Waals surface area contributed by atoms with Crippen molar-refractivity contribution in [3.63, 3.8) is 0 Å². The maximum absolute atomic E-state index is 13.1. The van der Waals surface area contributed by atoms with Gasteiger partial charge in [0.2, 0.25) is 0 Å². The van der Waals surface area contributed by atoms with Crippen LogP contribution in [0.3, 0.4) is 0 Å². The Bertz CT molecular complexity index is 1020. The van der Waals surface area contributed by atoms with E-state index in [-0.39, 0.29) is 17.2 Å². The maximum Gasteiger partial charge on any atom is 0.252 e. The Morgan fingerprint density at radius 2 is 1.90 bits per heavy atom. The van der Waals surface area contributed by atoms with Crippen molar-refractivity contribution in [3.8, 4) is 17.0 Å². The van der Waals surface area contributed by atoms with Crippen LogP contribution in [0.5, 0.6) is 5.75 Å². The Morgan fingerprint density at radius 3 is 2.59 bits per heavy atom. The number of pyridine rings is 1. The maximum atomic E-state index is 13.1. The van der Waals surface area contributed by atoms with Gasteiger partial charge in [-0.25, -0.2) is 4.98 Å². The Hall–Kier alpha value is -2.93. The van der Waals surface area contributed by atoms with Crippen molar-refractivity contribution in [1.82, 2.24) is 20.5 Å². The number of aromatic nitrogens is 3. The normalized spacial score (nSPS) is 16.5. The highest BCUT2D eigenvalue weighted by molar-refractivity contribution is 6.07. The molecule has 29 heavy (non-hydrogen) atoms. The molecule has 0 saturated heterocycles. The quantitative estimate of drug-likeness (QED) is 0.507. The molecule has 2 heterocycles. The first-order chi connectivity index (χ1) is 14.0. The number of carbonyl (C=O) groups excluding carboxylic acids is 1. The van der Waals surface area contributed by atoms with Crippen molar-refractivity contribution < 1.29 is 9.90 Å². The molecule has 1 amide bonds. The number of nitrogens with two attached hydrogens (primary N) is 1. The molecule has 0 bridgehead atoms. The van der Waals surface area contributed by atoms with Crippen LogP contribution in [0.15, 0.2) is 30.3 Å². The lowest BCUT2D eigenvalue weighted by Crippen LogP contribution is -2.49. The van der Waals surface area contributed by atoms with Gasteiger partial charge in [-0.05, 0) is 50.1 Å². The van der Waals surface area contributed by atoms with E-state index in [2.05, 4.69) is 20.5 Å². The van der Waals surface area contributed by atoms with Crippen LogP contribution in [0.2, 0.25) is 0 Å². The fraction of sp³-hybridized carbons (Fsp3) is 0.409. The highest BCUT2D eigenvalue weighted by Gasteiger charge is 2.27. The summed E-state index contributed by atoms with van der Waals surface area (Å²) in [7, 11) is 0. The second-order valence-electron chi connectivity index (χ2n) is 8.09. The van der Waals surface area contributed by atoms with Crippen LogP contribution in [-0.4, -0.2) is 38.3 Å². The van der Waals surface area contributed by atoms with Gasteiger partial charge >= 0.3 is 0 Å². The third-order valence-corrected chi connectivity index (χ3v) is 5.82. The predicted octanol–water partition coefficient (Wildman–Crippen LogP) is 3.42. The minimum absolute atomic E-state index is 0.170. The first-order valence-corrected chi connectivity index (χ1v) is 10.2. The van der Waals surface area contributed by atoms with E-state index in [0.29, 0.717) is 23.4 Å². The third kappa shape index (κ3) is 4.10. The molecule has 1 aromatic carbocycles. The van der Waals surface area contributed by atoms with Crippen LogP contribution in [0.25, 0.3) is 22.3 Å². The minimum Gasteiger partial charge on any atom is -0.508 e. The summed E-state index contributed by atoms with van der Waals surface area (Å²) < 4.78 is 0. The largest absolute Gasteiger partial charge is 0.508 e. The summed E-state index contributed by atoms with van der Waals surface area (Å²) in [5.41, 5.74) is 9.50. The lowest BCUT2D eigenvalue weighted by atomic mass is 9.91. The molecular formula is C22H27N5O2. The van der Waals surface area contributed by atoms with Crippen LogP contribution in [0.4, 0.5) is 0 Å². The number of nitrogens with zero attached hydrogens (tertiary/aromatic N) is 2. The number of rotatable bonds is 4. The Kier molecular flexibility index (Phi) is 5.24. The molecule has 0 radical (unpaired) electrons. The third-order valence-electron chi connectivity index (χ3n) is 5.82. The van der Waals surface area contributed by atoms with Gasteiger partial charge in [0.15, 0.2) is 5.65 Å². The number of aromatic amines is 1. The van der Waals surface area contributed by atoms with E-state index in [1.807, 2.05) is 6.92 Å². The van der Waals surface area contributed by atoms with Crippen molar-refractivity contribution in [3.05, 3.63) is 41.6 Å². The average Bonchev–Trinajstić information content (AvgIpc) is 2.95. The average molecular weight is 393 g/mol. The van der Waals surface area contributed by atoms with Gasteiger partial charge in [0.25, 0.3) is 5.91 Å². The molecule has 3 aromatic rings. The van der Waals surface area contributed by atoms with E-state index in [1.54, 1.807) is 30.3 Å². The number of amides is 1. The number of benzene rings is 1. The van der Waals surface area contributed by atoms with Crippen molar-refractivity contribution in [1.29, 1.82) is 0 Å². The number of fused-ring (bicyclic) bond motifs is 1. The highest BCUT2D eigenvalue weighted by Crippen LogP contribution is 2.28. The summed E-state index contributed by atoms with van der Waals surface area (Å²) in [6.07, 6.45) is 6.50. The van der Waals surface area contributed by atoms with Gasteiger partial charge < -0.3 is 16.2 Å². The summed E-state index contributed by atoms with van der Waals surface area (Å²) >= 11 is 0. The fourth-order valence-electron chi connectivity index (χ4n) is 4.11. The number of hydrogen-bond donors (Lipinski definition) is 4. The lowest BCUT2D eigenvalue weighted by molar-refractivity contribution is 0.0942. The van der Waals surface area contributed by atoms with E-state index < -0.39 is 0 Å². The van der Waals surface area contributed by atoms with Crippen molar-refractivity contribution in [2.75, 3.05) is 6.54 Å². The van der Waals surface area contributed by atoms with Crippen LogP contribution in [0, 0.1) is 6.92 Å². The van der Waals surface area contributed by atoms with Crippen LogP contribution in [-0.2, 0) is 0 Å². The van der Waals surface area contributed by atoms with Crippen molar-refractivity contribution in [2.45, 2.75) is 51.0 Å². The van der Waals surface area contributed by atoms with E-state index >= 15 is 0 Å². The standard InChI is InChI=1S/C22H27N5O2/c1-14-19-17(21(29)24-13-22(23)10-4-2-3-5-11-22)12-18(25-20(19)27-26-14)15-6-8-16(28)9-7-15/h6-9,12,28H,2-5,10-11,13,23H2,1H3,(H,24,29)(H,25,26,27). The molecule has 0 aliphatic heterocycles. The summed E-state index contributed by atoms with van der Waals surface area (Å²) in [6, 6.07) is 8.53. The zero-order chi connectivity index (χ0) is 20.4. The monoisotopic (exact) mass is 393 g/mol. The number of carbonyl (C=O) groups is 1. The summed E-state index contributed by atoms with van der Waals surface area (Å²) in [6.45, 7) is 2.31. The van der Waals surface area contributed by atoms with Gasteiger partial charge in [-0.15, -0.1) is 0 Å². The molecule has 5 N–H and O–H groups in total. The molecular weight excluding hydrogens is 366 g/mol. The highest BCUT2D eigenvalue weighted by atomic mass is 16.3. The summed E-state index contributed by atoms with van der Waals surface area (Å²) in [5.74, 6) is 0.0119. The number of aromatic hydroxyl groups is 1. The fourth-order valence-corrected chi connectivity index (χ4v) is 4.11. The molecule has 2 aromatic heterocycles. The van der Waals surface area contributed by atoms with Gasteiger partial charge in [-0.3, -0.25) is 9.89 Å². The Labute approximate surface area is 169 Å². The van der Waals surface area contributed by atoms with E-state index in [9.17, 15) is 9.90 Å². The molecule has 7 heteroatoms. The van der Waals surface area contributed by atoms with Crippen molar-refractivity contribution >= 4 is 16.9 Å². The Balaban J connectivity index is 1.65. The topological polar surface area (TPSA) is 117 Å². The van der Waals surface area contributed by atoms with Crippen molar-refractivity contribution in [2.24, 2.45) is 5.73 Å². The molecule has 4 rings (SSSR count). The molecule has 0 spiro atoms. The first kappa shape index (κ1) is 19.4. The molecule has 0 atom stereocenters. The molecule has 1 aliphatic rings. The second-order valence-corrected chi connectivity index (χ2v) is 8.09. The van der Waals surface area contributed by atoms with E-state index in [4.69, 9.17) is 5.73 Å². The molecule has 0 unspecified atom stereocenters. The number of phenolic OH excluding ortho intramolecular Hbond substituents is 1. The van der Waals surface area contributed by atoms with Crippen LogP contribution < -0.4 is 11.1 Å². The number of nitrogens with one attached hydrogen (secondary N) is 2. The molecule has 1 saturated carbocycles. The number of aryl methyl sites for hydroxylation is 1. The van der Waals surface area contributed by atoms with Gasteiger partial charge in [0.05, 0.1) is 22.3 Å². The van der Waals surface area contributed by atoms with Crippen LogP contribution >= 0.6 is 0 Å². The van der Waals surface area contributed by atoms with Gasteiger partial charge in [-0.1, -0.05) is 25.7 Å².